The second-order valence-electron chi connectivity index (χ2n) is 5.81. The molecule has 0 saturated carbocycles. The molecular weight excluding hydrogens is 290 g/mol. The summed E-state index contributed by atoms with van der Waals surface area (Å²) >= 11 is 1.80. The third-order valence-electron chi connectivity index (χ3n) is 3.82. The fourth-order valence-electron chi connectivity index (χ4n) is 2.81. The Labute approximate surface area is 133 Å². The zero-order valence-electron chi connectivity index (χ0n) is 12.6. The van der Waals surface area contributed by atoms with Crippen LogP contribution in [0.5, 0.6) is 0 Å². The van der Waals surface area contributed by atoms with Crippen LogP contribution >= 0.6 is 11.3 Å². The summed E-state index contributed by atoms with van der Waals surface area (Å²) < 4.78 is 2.54. The second kappa shape index (κ2) is 5.23. The van der Waals surface area contributed by atoms with Crippen LogP contribution in [0.15, 0.2) is 48.5 Å². The van der Waals surface area contributed by atoms with Gasteiger partial charge in [-0.3, -0.25) is 5.10 Å². The fraction of sp³-hybridized carbons (Fsp3) is 0.167. The van der Waals surface area contributed by atoms with Crippen LogP contribution in [-0.2, 0) is 6.54 Å². The number of hydrogen-bond acceptors (Lipinski definition) is 3. The van der Waals surface area contributed by atoms with Crippen molar-refractivity contribution in [2.45, 2.75) is 6.54 Å². The maximum absolute atomic E-state index is 4.54. The molecule has 2 heterocycles. The molecule has 0 spiro atoms. The summed E-state index contributed by atoms with van der Waals surface area (Å²) in [6.45, 7) is 0.957. The zero-order chi connectivity index (χ0) is 15.1. The van der Waals surface area contributed by atoms with Crippen molar-refractivity contribution in [3.05, 3.63) is 54.1 Å². The summed E-state index contributed by atoms with van der Waals surface area (Å²) in [5.41, 5.74) is 4.68. The molecule has 0 aliphatic heterocycles. The Morgan fingerprint density at radius 3 is 2.59 bits per heavy atom. The quantitative estimate of drug-likeness (QED) is 0.604. The smallest absolute Gasteiger partial charge is 0.110 e. The third kappa shape index (κ3) is 2.21. The number of thiophene rings is 1. The van der Waals surface area contributed by atoms with Gasteiger partial charge in [0.25, 0.3) is 0 Å². The topological polar surface area (TPSA) is 31.9 Å². The highest BCUT2D eigenvalue weighted by Crippen LogP contribution is 2.38. The summed E-state index contributed by atoms with van der Waals surface area (Å²) in [6, 6.07) is 17.2. The maximum Gasteiger partial charge on any atom is 0.110 e. The van der Waals surface area contributed by atoms with Gasteiger partial charge in [-0.25, -0.2) is 0 Å². The molecule has 0 bridgehead atoms. The van der Waals surface area contributed by atoms with Gasteiger partial charge in [0.2, 0.25) is 0 Å². The van der Waals surface area contributed by atoms with E-state index in [1.807, 2.05) is 0 Å². The number of H-pyrrole nitrogens is 1. The van der Waals surface area contributed by atoms with E-state index in [-0.39, 0.29) is 0 Å². The Balaban J connectivity index is 1.80. The van der Waals surface area contributed by atoms with Crippen molar-refractivity contribution in [1.29, 1.82) is 0 Å². The third-order valence-corrected chi connectivity index (χ3v) is 4.99. The molecule has 4 heteroatoms. The molecule has 0 saturated heterocycles. The van der Waals surface area contributed by atoms with Gasteiger partial charge >= 0.3 is 0 Å². The largest absolute Gasteiger partial charge is 0.305 e. The van der Waals surface area contributed by atoms with Gasteiger partial charge in [0, 0.05) is 22.2 Å². The van der Waals surface area contributed by atoms with Crippen molar-refractivity contribution in [3.8, 4) is 11.3 Å². The molecule has 1 N–H and O–H groups in total. The highest BCUT2D eigenvalue weighted by molar-refractivity contribution is 7.26. The first-order valence-corrected chi connectivity index (χ1v) is 8.13. The molecular formula is C18H17N3S. The molecule has 110 valence electrons. The van der Waals surface area contributed by atoms with Crippen LogP contribution in [0.3, 0.4) is 0 Å². The lowest BCUT2D eigenvalue weighted by Crippen LogP contribution is -2.10. The summed E-state index contributed by atoms with van der Waals surface area (Å²) in [4.78, 5) is 2.17. The minimum absolute atomic E-state index is 0.957. The number of aromatic nitrogens is 2. The Kier molecular flexibility index (Phi) is 3.21. The number of nitrogens with one attached hydrogen (secondary N) is 1. The summed E-state index contributed by atoms with van der Waals surface area (Å²) in [5, 5.41) is 9.01. The van der Waals surface area contributed by atoms with Gasteiger partial charge < -0.3 is 4.90 Å². The summed E-state index contributed by atoms with van der Waals surface area (Å²) in [5.74, 6) is 0. The number of hydrogen-bond donors (Lipinski definition) is 1. The molecule has 0 amide bonds. The Bertz CT molecular complexity index is 932. The number of aromatic amines is 1. The van der Waals surface area contributed by atoms with E-state index < -0.39 is 0 Å². The fourth-order valence-corrected chi connectivity index (χ4v) is 3.98. The molecule has 2 aromatic heterocycles. The minimum atomic E-state index is 0.957. The summed E-state index contributed by atoms with van der Waals surface area (Å²) in [7, 11) is 4.17. The van der Waals surface area contributed by atoms with E-state index in [1.54, 1.807) is 11.3 Å². The molecule has 4 aromatic rings. The number of nitrogens with zero attached hydrogens (tertiary/aromatic N) is 2. The van der Waals surface area contributed by atoms with Gasteiger partial charge in [-0.1, -0.05) is 42.5 Å². The lowest BCUT2D eigenvalue weighted by molar-refractivity contribution is 0.402. The predicted octanol–water partition coefficient (Wildman–Crippen LogP) is 4.51. The lowest BCUT2D eigenvalue weighted by atomic mass is 10.1. The molecule has 22 heavy (non-hydrogen) atoms. The van der Waals surface area contributed by atoms with Gasteiger partial charge in [-0.2, -0.15) is 5.10 Å². The van der Waals surface area contributed by atoms with Gasteiger partial charge in [-0.15, -0.1) is 11.3 Å². The van der Waals surface area contributed by atoms with Gasteiger partial charge in [0.1, 0.15) is 5.69 Å². The van der Waals surface area contributed by atoms with Crippen molar-refractivity contribution in [1.82, 2.24) is 15.1 Å². The van der Waals surface area contributed by atoms with Crippen molar-refractivity contribution in [2.24, 2.45) is 0 Å². The highest BCUT2D eigenvalue weighted by atomic mass is 32.1. The average Bonchev–Trinajstić information content (AvgIpc) is 3.06. The zero-order valence-corrected chi connectivity index (χ0v) is 13.4. The number of rotatable bonds is 3. The summed E-state index contributed by atoms with van der Waals surface area (Å²) in [6.07, 6.45) is 0. The molecule has 4 rings (SSSR count). The Morgan fingerprint density at radius 1 is 1.05 bits per heavy atom. The van der Waals surface area contributed by atoms with Gasteiger partial charge in [-0.05, 0) is 25.7 Å². The van der Waals surface area contributed by atoms with Crippen LogP contribution < -0.4 is 0 Å². The first-order valence-electron chi connectivity index (χ1n) is 7.32. The Morgan fingerprint density at radius 2 is 1.82 bits per heavy atom. The van der Waals surface area contributed by atoms with Crippen molar-refractivity contribution in [3.63, 3.8) is 0 Å². The van der Waals surface area contributed by atoms with Crippen molar-refractivity contribution >= 4 is 31.6 Å². The maximum atomic E-state index is 4.54. The second-order valence-corrected chi connectivity index (χ2v) is 6.86. The van der Waals surface area contributed by atoms with Crippen LogP contribution in [0.2, 0.25) is 0 Å². The Hall–Kier alpha value is -2.17. The van der Waals surface area contributed by atoms with Crippen molar-refractivity contribution < 1.29 is 0 Å². The molecule has 0 aliphatic rings. The first-order chi connectivity index (χ1) is 10.7. The first kappa shape index (κ1) is 13.5. The molecule has 0 atom stereocenters. The molecule has 0 fully saturated rings. The minimum Gasteiger partial charge on any atom is -0.305 e. The molecule has 0 unspecified atom stereocenters. The highest BCUT2D eigenvalue weighted by Gasteiger charge is 2.13. The van der Waals surface area contributed by atoms with E-state index in [0.717, 1.165) is 17.8 Å². The van der Waals surface area contributed by atoms with Gasteiger partial charge in [0.05, 0.1) is 10.2 Å². The van der Waals surface area contributed by atoms with Crippen LogP contribution in [0.4, 0.5) is 0 Å². The van der Waals surface area contributed by atoms with Gasteiger partial charge in [0.15, 0.2) is 0 Å². The van der Waals surface area contributed by atoms with E-state index in [1.165, 1.54) is 25.9 Å². The van der Waals surface area contributed by atoms with Crippen LogP contribution in [-0.4, -0.2) is 29.2 Å². The standard InChI is InChI=1S/C18H17N3S/c1-21(2)11-12-7-9-13(10-8-12)16-18-17(20-19-16)14-5-3-4-6-15(14)22-18/h3-10H,11H2,1-2H3,(H,19,20). The molecule has 0 aliphatic carbocycles. The molecule has 0 radical (unpaired) electrons. The van der Waals surface area contributed by atoms with Crippen LogP contribution in [0.25, 0.3) is 31.6 Å². The number of fused-ring (bicyclic) bond motifs is 3. The van der Waals surface area contributed by atoms with E-state index in [0.29, 0.717) is 0 Å². The SMILES string of the molecule is CN(C)Cc1ccc(-c2n[nH]c3c2sc2ccccc23)cc1. The van der Waals surface area contributed by atoms with Crippen LogP contribution in [0, 0.1) is 0 Å². The van der Waals surface area contributed by atoms with E-state index in [9.17, 15) is 0 Å². The van der Waals surface area contributed by atoms with Crippen molar-refractivity contribution in [2.75, 3.05) is 14.1 Å². The van der Waals surface area contributed by atoms with E-state index >= 15 is 0 Å². The lowest BCUT2D eigenvalue weighted by Gasteiger charge is -2.09. The molecule has 2 aromatic carbocycles. The molecule has 3 nitrogen and oxygen atoms in total. The predicted molar refractivity (Wildman–Crippen MR) is 94.3 cm³/mol. The monoisotopic (exact) mass is 307 g/mol. The number of benzene rings is 2. The van der Waals surface area contributed by atoms with Crippen LogP contribution in [0.1, 0.15) is 5.56 Å². The average molecular weight is 307 g/mol. The normalized spacial score (nSPS) is 11.8. The van der Waals surface area contributed by atoms with E-state index in [2.05, 4.69) is 77.7 Å². The van der Waals surface area contributed by atoms with E-state index in [4.69, 9.17) is 0 Å².